The molecule has 0 atom stereocenters. The van der Waals surface area contributed by atoms with Gasteiger partial charge in [0.1, 0.15) is 5.69 Å². The number of benzene rings is 1. The molecule has 0 aliphatic carbocycles. The van der Waals surface area contributed by atoms with E-state index in [-0.39, 0.29) is 16.1 Å². The molecule has 1 aromatic carbocycles. The lowest BCUT2D eigenvalue weighted by Crippen LogP contribution is -2.36. The maximum atomic E-state index is 13.0. The number of nitrogens with one attached hydrogen (secondary N) is 1. The van der Waals surface area contributed by atoms with E-state index >= 15 is 0 Å². The predicted molar refractivity (Wildman–Crippen MR) is 101 cm³/mol. The maximum Gasteiger partial charge on any atom is 0.276 e. The van der Waals surface area contributed by atoms with Crippen molar-refractivity contribution < 1.29 is 13.2 Å². The van der Waals surface area contributed by atoms with Crippen molar-refractivity contribution in [2.24, 2.45) is 7.05 Å². The summed E-state index contributed by atoms with van der Waals surface area (Å²) in [7, 11) is -2.15. The van der Waals surface area contributed by atoms with Gasteiger partial charge in [0.25, 0.3) is 11.5 Å². The Balaban J connectivity index is 1.87. The van der Waals surface area contributed by atoms with Gasteiger partial charge in [-0.05, 0) is 43.5 Å². The zero-order valence-corrected chi connectivity index (χ0v) is 16.1. The van der Waals surface area contributed by atoms with Gasteiger partial charge in [-0.3, -0.25) is 9.59 Å². The van der Waals surface area contributed by atoms with E-state index in [9.17, 15) is 18.0 Å². The maximum absolute atomic E-state index is 13.0. The average molecular weight is 390 g/mol. The lowest BCUT2D eigenvalue weighted by atomic mass is 10.2. The summed E-state index contributed by atoms with van der Waals surface area (Å²) < 4.78 is 28.5. The fourth-order valence-electron chi connectivity index (χ4n) is 3.02. The zero-order valence-electron chi connectivity index (χ0n) is 15.3. The lowest BCUT2D eigenvalue weighted by Gasteiger charge is -2.26. The number of carbonyl (C=O) groups excluding carboxylic acids is 1. The number of piperidine rings is 1. The van der Waals surface area contributed by atoms with E-state index in [1.165, 1.54) is 29.6 Å². The molecule has 1 N–H and O–H groups in total. The predicted octanol–water partition coefficient (Wildman–Crippen LogP) is 1.52. The molecule has 1 fully saturated rings. The highest BCUT2D eigenvalue weighted by molar-refractivity contribution is 7.89. The Morgan fingerprint density at radius 3 is 2.48 bits per heavy atom. The van der Waals surface area contributed by atoms with Crippen molar-refractivity contribution in [2.75, 3.05) is 18.4 Å². The van der Waals surface area contributed by atoms with Crippen LogP contribution in [0, 0.1) is 6.92 Å². The summed E-state index contributed by atoms with van der Waals surface area (Å²) >= 11 is 0. The third kappa shape index (κ3) is 4.09. The molecule has 0 saturated carbocycles. The molecular weight excluding hydrogens is 368 g/mol. The van der Waals surface area contributed by atoms with E-state index in [1.54, 1.807) is 19.1 Å². The van der Waals surface area contributed by atoms with E-state index in [1.807, 2.05) is 0 Å². The topological polar surface area (TPSA) is 101 Å². The summed E-state index contributed by atoms with van der Waals surface area (Å²) in [5.74, 6) is -0.518. The van der Waals surface area contributed by atoms with Crippen molar-refractivity contribution in [3.63, 3.8) is 0 Å². The van der Waals surface area contributed by atoms with Gasteiger partial charge in [0.05, 0.1) is 4.90 Å². The quantitative estimate of drug-likeness (QED) is 0.853. The van der Waals surface area contributed by atoms with Crippen LogP contribution in [0.5, 0.6) is 0 Å². The zero-order chi connectivity index (χ0) is 19.6. The third-order valence-corrected chi connectivity index (χ3v) is 6.61. The van der Waals surface area contributed by atoms with Crippen LogP contribution < -0.4 is 10.9 Å². The number of aryl methyl sites for hydroxylation is 2. The number of sulfonamides is 1. The van der Waals surface area contributed by atoms with Crippen molar-refractivity contribution >= 4 is 21.6 Å². The van der Waals surface area contributed by atoms with Crippen LogP contribution in [0.4, 0.5) is 5.69 Å². The Bertz CT molecular complexity index is 1020. The molecule has 9 heteroatoms. The van der Waals surface area contributed by atoms with Crippen LogP contribution in [-0.2, 0) is 17.1 Å². The number of amides is 1. The highest BCUT2D eigenvalue weighted by Gasteiger charge is 2.27. The van der Waals surface area contributed by atoms with E-state index in [4.69, 9.17) is 0 Å². The largest absolute Gasteiger partial charge is 0.321 e. The molecule has 1 amide bonds. The van der Waals surface area contributed by atoms with Crippen LogP contribution in [0.15, 0.2) is 40.0 Å². The summed E-state index contributed by atoms with van der Waals surface area (Å²) in [5, 5.41) is 6.54. The second-order valence-corrected chi connectivity index (χ2v) is 8.49. The highest BCUT2D eigenvalue weighted by Crippen LogP contribution is 2.26. The molecule has 1 aliphatic rings. The number of carbonyl (C=O) groups is 1. The molecule has 1 aromatic heterocycles. The van der Waals surface area contributed by atoms with Gasteiger partial charge in [-0.1, -0.05) is 12.5 Å². The molecule has 1 aliphatic heterocycles. The van der Waals surface area contributed by atoms with Crippen molar-refractivity contribution in [3.05, 3.63) is 51.9 Å². The Morgan fingerprint density at radius 1 is 1.11 bits per heavy atom. The first-order valence-corrected chi connectivity index (χ1v) is 10.2. The molecule has 8 nitrogen and oxygen atoms in total. The van der Waals surface area contributed by atoms with Crippen molar-refractivity contribution in [3.8, 4) is 0 Å². The highest BCUT2D eigenvalue weighted by atomic mass is 32.2. The van der Waals surface area contributed by atoms with Gasteiger partial charge in [-0.25, -0.2) is 13.1 Å². The first-order valence-electron chi connectivity index (χ1n) is 8.75. The van der Waals surface area contributed by atoms with Crippen LogP contribution in [0.2, 0.25) is 0 Å². The van der Waals surface area contributed by atoms with E-state index < -0.39 is 15.9 Å². The molecule has 0 unspecified atom stereocenters. The minimum atomic E-state index is -3.61. The second kappa shape index (κ2) is 7.61. The van der Waals surface area contributed by atoms with Crippen LogP contribution in [0.1, 0.15) is 35.3 Å². The van der Waals surface area contributed by atoms with E-state index in [2.05, 4.69) is 10.4 Å². The summed E-state index contributed by atoms with van der Waals surface area (Å²) in [6.07, 6.45) is 2.74. The molecule has 2 aromatic rings. The number of hydrogen-bond acceptors (Lipinski definition) is 5. The SMILES string of the molecule is Cc1ccc(NC(=O)c2ccc(=O)n(C)n2)cc1S(=O)(=O)N1CCCCC1. The average Bonchev–Trinajstić information content (AvgIpc) is 2.66. The Kier molecular flexibility index (Phi) is 5.43. The smallest absolute Gasteiger partial charge is 0.276 e. The molecule has 3 rings (SSSR count). The van der Waals surface area contributed by atoms with Gasteiger partial charge in [0, 0.05) is 31.9 Å². The van der Waals surface area contributed by atoms with Gasteiger partial charge >= 0.3 is 0 Å². The number of anilines is 1. The molecule has 27 heavy (non-hydrogen) atoms. The van der Waals surface area contributed by atoms with Crippen molar-refractivity contribution in [2.45, 2.75) is 31.1 Å². The molecule has 0 radical (unpaired) electrons. The van der Waals surface area contributed by atoms with Gasteiger partial charge in [-0.15, -0.1) is 0 Å². The van der Waals surface area contributed by atoms with Gasteiger partial charge < -0.3 is 5.32 Å². The van der Waals surface area contributed by atoms with Gasteiger partial charge in [-0.2, -0.15) is 9.40 Å². The number of nitrogens with zero attached hydrogens (tertiary/aromatic N) is 3. The standard InChI is InChI=1S/C18H22N4O4S/c1-13-6-7-14(19-18(24)15-8-9-17(23)21(2)20-15)12-16(13)27(25,26)22-10-4-3-5-11-22/h6-9,12H,3-5,10-11H2,1-2H3,(H,19,24). The number of aromatic nitrogens is 2. The Hall–Kier alpha value is -2.52. The van der Waals surface area contributed by atoms with Crippen molar-refractivity contribution in [1.82, 2.24) is 14.1 Å². The third-order valence-electron chi connectivity index (χ3n) is 4.57. The molecular formula is C18H22N4O4S. The normalized spacial score (nSPS) is 15.5. The molecule has 0 bridgehead atoms. The van der Waals surface area contributed by atoms with Crippen LogP contribution >= 0.6 is 0 Å². The molecule has 0 spiro atoms. The number of rotatable bonds is 4. The van der Waals surface area contributed by atoms with Gasteiger partial charge in [0.2, 0.25) is 10.0 Å². The first kappa shape index (κ1) is 19.2. The Labute approximate surface area is 157 Å². The first-order chi connectivity index (χ1) is 12.8. The minimum Gasteiger partial charge on any atom is -0.321 e. The summed E-state index contributed by atoms with van der Waals surface area (Å²) in [4.78, 5) is 24.0. The molecule has 1 saturated heterocycles. The summed E-state index contributed by atoms with van der Waals surface area (Å²) in [6.45, 7) is 2.76. The fourth-order valence-corrected chi connectivity index (χ4v) is 4.79. The van der Waals surface area contributed by atoms with Crippen LogP contribution in [0.3, 0.4) is 0 Å². The van der Waals surface area contributed by atoms with Gasteiger partial charge in [0.15, 0.2) is 0 Å². The van der Waals surface area contributed by atoms with E-state index in [0.717, 1.165) is 23.9 Å². The lowest BCUT2D eigenvalue weighted by molar-refractivity contribution is 0.102. The van der Waals surface area contributed by atoms with Crippen molar-refractivity contribution in [1.29, 1.82) is 0 Å². The van der Waals surface area contributed by atoms with Crippen LogP contribution in [0.25, 0.3) is 0 Å². The summed E-state index contributed by atoms with van der Waals surface area (Å²) in [5.41, 5.74) is 0.727. The Morgan fingerprint density at radius 2 is 1.81 bits per heavy atom. The minimum absolute atomic E-state index is 0.0677. The molecule has 144 valence electrons. The fraction of sp³-hybridized carbons (Fsp3) is 0.389. The number of hydrogen-bond donors (Lipinski definition) is 1. The monoisotopic (exact) mass is 390 g/mol. The molecule has 2 heterocycles. The summed E-state index contributed by atoms with van der Waals surface area (Å²) in [6, 6.07) is 7.37. The van der Waals surface area contributed by atoms with Crippen LogP contribution in [-0.4, -0.2) is 41.5 Å². The second-order valence-electron chi connectivity index (χ2n) is 6.58. The van der Waals surface area contributed by atoms with E-state index in [0.29, 0.717) is 24.3 Å².